The van der Waals surface area contributed by atoms with Crippen molar-refractivity contribution in [3.63, 3.8) is 0 Å². The van der Waals surface area contributed by atoms with Crippen LogP contribution < -0.4 is 15.8 Å². The van der Waals surface area contributed by atoms with Gasteiger partial charge in [-0.15, -0.1) is 0 Å². The number of benzene rings is 4. The predicted molar refractivity (Wildman–Crippen MR) is 141 cm³/mol. The smallest absolute Gasteiger partial charge is 0.322 e. The van der Waals surface area contributed by atoms with Gasteiger partial charge in [-0.3, -0.25) is 4.79 Å². The minimum Gasteiger partial charge on any atom is -0.457 e. The summed E-state index contributed by atoms with van der Waals surface area (Å²) in [5, 5.41) is 2.93. The largest absolute Gasteiger partial charge is 0.457 e. The number of urea groups is 1. The highest BCUT2D eigenvalue weighted by atomic mass is 19.1. The molecule has 0 aromatic heterocycles. The maximum atomic E-state index is 13.5. The van der Waals surface area contributed by atoms with Gasteiger partial charge in [0.2, 0.25) is 5.91 Å². The van der Waals surface area contributed by atoms with Crippen molar-refractivity contribution in [2.24, 2.45) is 5.73 Å². The van der Waals surface area contributed by atoms with Crippen LogP contribution in [0.4, 0.5) is 14.9 Å². The Morgan fingerprint density at radius 3 is 2.13 bits per heavy atom. The molecule has 38 heavy (non-hydrogen) atoms. The average molecular weight is 512 g/mol. The maximum absolute atomic E-state index is 13.5. The van der Waals surface area contributed by atoms with E-state index in [-0.39, 0.29) is 18.0 Å². The minimum atomic E-state index is -0.534. The molecule has 4 aromatic rings. The predicted octanol–water partition coefficient (Wildman–Crippen LogP) is 6.06. The van der Waals surface area contributed by atoms with E-state index in [1.165, 1.54) is 12.1 Å². The number of ether oxygens (including phenoxy) is 2. The van der Waals surface area contributed by atoms with E-state index in [2.05, 4.69) is 5.32 Å². The molecule has 0 saturated carbocycles. The molecule has 3 amide bonds. The highest BCUT2D eigenvalue weighted by Gasteiger charge is 2.32. The lowest BCUT2D eigenvalue weighted by Gasteiger charge is -2.38. The highest BCUT2D eigenvalue weighted by molar-refractivity contribution is 5.93. The van der Waals surface area contributed by atoms with E-state index >= 15 is 0 Å². The third-order valence-corrected chi connectivity index (χ3v) is 6.26. The minimum absolute atomic E-state index is 0.274. The van der Waals surface area contributed by atoms with Gasteiger partial charge in [-0.25, -0.2) is 9.18 Å². The van der Waals surface area contributed by atoms with E-state index in [0.717, 1.165) is 11.1 Å². The first-order chi connectivity index (χ1) is 18.4. The number of nitrogens with zero attached hydrogens (tertiary/aromatic N) is 1. The quantitative estimate of drug-likeness (QED) is 0.329. The van der Waals surface area contributed by atoms with Crippen molar-refractivity contribution in [2.75, 3.05) is 18.4 Å². The Kier molecular flexibility index (Phi) is 7.33. The maximum Gasteiger partial charge on any atom is 0.322 e. The Balaban J connectivity index is 1.28. The summed E-state index contributed by atoms with van der Waals surface area (Å²) < 4.78 is 25.6. The third-order valence-electron chi connectivity index (χ3n) is 6.26. The van der Waals surface area contributed by atoms with Crippen LogP contribution in [-0.2, 0) is 4.74 Å². The third kappa shape index (κ3) is 5.99. The summed E-state index contributed by atoms with van der Waals surface area (Å²) in [6.07, 6.45) is -0.745. The fourth-order valence-electron chi connectivity index (χ4n) is 4.30. The first kappa shape index (κ1) is 25.0. The molecule has 1 aliphatic rings. The van der Waals surface area contributed by atoms with Crippen LogP contribution in [0.15, 0.2) is 103 Å². The van der Waals surface area contributed by atoms with E-state index in [1.54, 1.807) is 65.6 Å². The lowest BCUT2D eigenvalue weighted by atomic mass is 10.0. The molecular formula is C30H26FN3O4. The summed E-state index contributed by atoms with van der Waals surface area (Å²) in [5.74, 6) is 0.154. The first-order valence-electron chi connectivity index (χ1n) is 12.1. The lowest BCUT2D eigenvalue weighted by molar-refractivity contribution is -0.0754. The standard InChI is InChI=1S/C30H26FN3O4/c31-23-11-9-21(10-12-23)28-19-34(18-27(38-28)20-5-2-1-3-6-20)30(36)33-24-13-15-25(16-14-24)37-26-8-4-7-22(17-26)29(32)35/h1-17,27-28H,18-19H2,(H2,32,35)(H,33,36). The second kappa shape index (κ2) is 11.1. The molecule has 0 radical (unpaired) electrons. The van der Waals surface area contributed by atoms with Crippen molar-refractivity contribution in [3.8, 4) is 11.5 Å². The van der Waals surface area contributed by atoms with Crippen LogP contribution in [0.25, 0.3) is 0 Å². The van der Waals surface area contributed by atoms with E-state index in [1.807, 2.05) is 30.3 Å². The number of morpholine rings is 1. The van der Waals surface area contributed by atoms with Gasteiger partial charge in [0.15, 0.2) is 0 Å². The summed E-state index contributed by atoms with van der Waals surface area (Å²) >= 11 is 0. The zero-order chi connectivity index (χ0) is 26.5. The van der Waals surface area contributed by atoms with Gasteiger partial charge in [0.1, 0.15) is 29.5 Å². The Hall–Kier alpha value is -4.69. The summed E-state index contributed by atoms with van der Waals surface area (Å²) in [6, 6.07) is 29.1. The van der Waals surface area contributed by atoms with Gasteiger partial charge in [0.05, 0.1) is 13.1 Å². The van der Waals surface area contributed by atoms with Gasteiger partial charge in [-0.2, -0.15) is 0 Å². The van der Waals surface area contributed by atoms with Crippen molar-refractivity contribution >= 4 is 17.6 Å². The molecule has 5 rings (SSSR count). The van der Waals surface area contributed by atoms with Crippen molar-refractivity contribution in [1.29, 1.82) is 0 Å². The van der Waals surface area contributed by atoms with Crippen LogP contribution in [0, 0.1) is 5.82 Å². The van der Waals surface area contributed by atoms with Gasteiger partial charge < -0.3 is 25.4 Å². The van der Waals surface area contributed by atoms with Crippen LogP contribution in [0.1, 0.15) is 33.7 Å². The summed E-state index contributed by atoms with van der Waals surface area (Å²) in [5.41, 5.74) is 8.03. The molecule has 0 aliphatic carbocycles. The van der Waals surface area contributed by atoms with Crippen molar-refractivity contribution in [2.45, 2.75) is 12.2 Å². The number of carbonyl (C=O) groups excluding carboxylic acids is 2. The molecule has 1 saturated heterocycles. The van der Waals surface area contributed by atoms with Gasteiger partial charge >= 0.3 is 6.03 Å². The normalized spacial score (nSPS) is 17.0. The molecule has 3 N–H and O–H groups in total. The van der Waals surface area contributed by atoms with E-state index in [9.17, 15) is 14.0 Å². The molecule has 1 fully saturated rings. The SMILES string of the molecule is NC(=O)c1cccc(Oc2ccc(NC(=O)N3CC(c4ccccc4)OC(c4ccc(F)cc4)C3)cc2)c1. The zero-order valence-corrected chi connectivity index (χ0v) is 20.4. The number of nitrogens with two attached hydrogens (primary N) is 1. The summed E-state index contributed by atoms with van der Waals surface area (Å²) in [7, 11) is 0. The molecule has 192 valence electrons. The van der Waals surface area contributed by atoms with Gasteiger partial charge in [-0.05, 0) is 65.7 Å². The fourth-order valence-corrected chi connectivity index (χ4v) is 4.30. The monoisotopic (exact) mass is 511 g/mol. The Bertz CT molecular complexity index is 1410. The van der Waals surface area contributed by atoms with Crippen molar-refractivity contribution in [3.05, 3.63) is 126 Å². The second-order valence-electron chi connectivity index (χ2n) is 8.93. The Labute approximate surface area is 219 Å². The second-order valence-corrected chi connectivity index (χ2v) is 8.93. The van der Waals surface area contributed by atoms with Crippen LogP contribution in [0.5, 0.6) is 11.5 Å². The van der Waals surface area contributed by atoms with Gasteiger partial charge in [0.25, 0.3) is 0 Å². The molecule has 1 aliphatic heterocycles. The Morgan fingerprint density at radius 2 is 1.47 bits per heavy atom. The number of hydrogen-bond donors (Lipinski definition) is 2. The molecule has 0 bridgehead atoms. The lowest BCUT2D eigenvalue weighted by Crippen LogP contribution is -2.45. The molecule has 2 atom stereocenters. The molecule has 0 spiro atoms. The van der Waals surface area contributed by atoms with Crippen LogP contribution in [0.2, 0.25) is 0 Å². The first-order valence-corrected chi connectivity index (χ1v) is 12.1. The molecule has 8 heteroatoms. The highest BCUT2D eigenvalue weighted by Crippen LogP contribution is 2.33. The number of amides is 3. The van der Waals surface area contributed by atoms with Crippen LogP contribution in [0.3, 0.4) is 0 Å². The number of anilines is 1. The van der Waals surface area contributed by atoms with Crippen LogP contribution >= 0.6 is 0 Å². The topological polar surface area (TPSA) is 93.9 Å². The number of rotatable bonds is 6. The number of nitrogens with one attached hydrogen (secondary N) is 1. The number of primary amides is 1. The van der Waals surface area contributed by atoms with Gasteiger partial charge in [-0.1, -0.05) is 48.5 Å². The van der Waals surface area contributed by atoms with Gasteiger partial charge in [0, 0.05) is 11.3 Å². The fraction of sp³-hybridized carbons (Fsp3) is 0.133. The van der Waals surface area contributed by atoms with Crippen LogP contribution in [-0.4, -0.2) is 29.9 Å². The Morgan fingerprint density at radius 1 is 0.816 bits per heavy atom. The molecular weight excluding hydrogens is 485 g/mol. The van der Waals surface area contributed by atoms with E-state index in [0.29, 0.717) is 35.8 Å². The number of halogens is 1. The summed E-state index contributed by atoms with van der Waals surface area (Å²) in [4.78, 5) is 26.4. The zero-order valence-electron chi connectivity index (χ0n) is 20.4. The molecule has 7 nitrogen and oxygen atoms in total. The molecule has 1 heterocycles. The van der Waals surface area contributed by atoms with Crippen molar-refractivity contribution in [1.82, 2.24) is 4.90 Å². The molecule has 4 aromatic carbocycles. The van der Waals surface area contributed by atoms with E-state index in [4.69, 9.17) is 15.2 Å². The summed E-state index contributed by atoms with van der Waals surface area (Å²) in [6.45, 7) is 0.684. The molecule has 2 unspecified atom stereocenters. The number of carbonyl (C=O) groups is 2. The van der Waals surface area contributed by atoms with Crippen molar-refractivity contribution < 1.29 is 23.5 Å². The average Bonchev–Trinajstić information content (AvgIpc) is 2.95. The van der Waals surface area contributed by atoms with E-state index < -0.39 is 12.0 Å². The number of hydrogen-bond acceptors (Lipinski definition) is 4.